The van der Waals surface area contributed by atoms with Crippen LogP contribution in [-0.4, -0.2) is 9.97 Å². The minimum Gasteiger partial charge on any atom is -0.365 e. The third-order valence-electron chi connectivity index (χ3n) is 2.25. The molecular weight excluding hydrogens is 308 g/mol. The molecule has 0 saturated carbocycles. The highest BCUT2D eigenvalue weighted by molar-refractivity contribution is 9.10. The van der Waals surface area contributed by atoms with Crippen molar-refractivity contribution >= 4 is 21.7 Å². The van der Waals surface area contributed by atoms with Crippen molar-refractivity contribution in [1.29, 1.82) is 0 Å². The largest absolute Gasteiger partial charge is 0.365 e. The molecule has 0 amide bonds. The van der Waals surface area contributed by atoms with Crippen molar-refractivity contribution < 1.29 is 8.78 Å². The molecule has 0 fully saturated rings. The Morgan fingerprint density at radius 3 is 2.94 bits per heavy atom. The standard InChI is InChI=1S/C11H8BrF2N3O/c12-9-10(16-5-17-11(9)18)15-4-6-3-7(13)1-2-8(6)14/h1-3,5H,4H2,(H2,15,16,17,18). The van der Waals surface area contributed by atoms with Gasteiger partial charge in [-0.15, -0.1) is 0 Å². The van der Waals surface area contributed by atoms with Crippen LogP contribution in [0.1, 0.15) is 5.56 Å². The first-order chi connectivity index (χ1) is 8.58. The lowest BCUT2D eigenvalue weighted by molar-refractivity contribution is 0.587. The summed E-state index contributed by atoms with van der Waals surface area (Å²) in [5.41, 5.74) is -0.198. The first-order valence-corrected chi connectivity index (χ1v) is 5.78. The van der Waals surface area contributed by atoms with Crippen LogP contribution in [0, 0.1) is 11.6 Å². The number of aromatic nitrogens is 2. The van der Waals surface area contributed by atoms with Crippen molar-refractivity contribution in [3.63, 3.8) is 0 Å². The average Bonchev–Trinajstić information content (AvgIpc) is 2.35. The highest BCUT2D eigenvalue weighted by atomic mass is 79.9. The number of aromatic amines is 1. The molecule has 7 heteroatoms. The lowest BCUT2D eigenvalue weighted by Crippen LogP contribution is -2.12. The maximum Gasteiger partial charge on any atom is 0.267 e. The molecule has 0 atom stereocenters. The van der Waals surface area contributed by atoms with Gasteiger partial charge in [0.15, 0.2) is 0 Å². The number of nitrogens with one attached hydrogen (secondary N) is 2. The van der Waals surface area contributed by atoms with Crippen molar-refractivity contribution in [1.82, 2.24) is 9.97 Å². The quantitative estimate of drug-likeness (QED) is 0.914. The molecule has 0 aliphatic carbocycles. The Morgan fingerprint density at radius 1 is 1.39 bits per heavy atom. The fraction of sp³-hybridized carbons (Fsp3) is 0.0909. The molecule has 4 nitrogen and oxygen atoms in total. The minimum atomic E-state index is -0.523. The lowest BCUT2D eigenvalue weighted by Gasteiger charge is -2.07. The molecule has 0 aliphatic heterocycles. The zero-order chi connectivity index (χ0) is 13.1. The molecule has 18 heavy (non-hydrogen) atoms. The molecule has 0 saturated heterocycles. The summed E-state index contributed by atoms with van der Waals surface area (Å²) < 4.78 is 26.5. The van der Waals surface area contributed by atoms with E-state index < -0.39 is 11.6 Å². The van der Waals surface area contributed by atoms with Crippen LogP contribution in [0.4, 0.5) is 14.6 Å². The Hall–Kier alpha value is -1.76. The molecule has 2 N–H and O–H groups in total. The lowest BCUT2D eigenvalue weighted by atomic mass is 10.2. The molecule has 0 spiro atoms. The van der Waals surface area contributed by atoms with Crippen LogP contribution in [-0.2, 0) is 6.54 Å². The van der Waals surface area contributed by atoms with Gasteiger partial charge in [0.1, 0.15) is 21.9 Å². The van der Waals surface area contributed by atoms with Crippen LogP contribution in [0.3, 0.4) is 0 Å². The molecule has 94 valence electrons. The maximum absolute atomic E-state index is 13.3. The van der Waals surface area contributed by atoms with Gasteiger partial charge in [-0.3, -0.25) is 4.79 Å². The number of benzene rings is 1. The predicted octanol–water partition coefficient (Wildman–Crippen LogP) is 2.42. The number of halogens is 3. The van der Waals surface area contributed by atoms with Gasteiger partial charge < -0.3 is 10.3 Å². The van der Waals surface area contributed by atoms with Crippen LogP contribution < -0.4 is 10.9 Å². The molecule has 0 radical (unpaired) electrons. The topological polar surface area (TPSA) is 57.8 Å². The van der Waals surface area contributed by atoms with Gasteiger partial charge in [-0.1, -0.05) is 0 Å². The first-order valence-electron chi connectivity index (χ1n) is 4.99. The summed E-state index contributed by atoms with van der Waals surface area (Å²) in [4.78, 5) is 17.5. The first kappa shape index (κ1) is 12.7. The smallest absolute Gasteiger partial charge is 0.267 e. The monoisotopic (exact) mass is 315 g/mol. The van der Waals surface area contributed by atoms with Crippen LogP contribution in [0.15, 0.2) is 33.8 Å². The van der Waals surface area contributed by atoms with Gasteiger partial charge in [-0.25, -0.2) is 13.8 Å². The van der Waals surface area contributed by atoms with Crippen LogP contribution in [0.25, 0.3) is 0 Å². The molecule has 1 heterocycles. The molecule has 2 aromatic rings. The van der Waals surface area contributed by atoms with Crippen molar-refractivity contribution in [3.8, 4) is 0 Å². The fourth-order valence-corrected chi connectivity index (χ4v) is 1.72. The number of nitrogens with zero attached hydrogens (tertiary/aromatic N) is 1. The Balaban J connectivity index is 2.19. The van der Waals surface area contributed by atoms with E-state index >= 15 is 0 Å². The number of hydrogen-bond donors (Lipinski definition) is 2. The number of rotatable bonds is 3. The van der Waals surface area contributed by atoms with E-state index in [0.717, 1.165) is 18.2 Å². The third-order valence-corrected chi connectivity index (χ3v) is 2.99. The van der Waals surface area contributed by atoms with Gasteiger partial charge in [-0.2, -0.15) is 0 Å². The van der Waals surface area contributed by atoms with E-state index in [0.29, 0.717) is 0 Å². The van der Waals surface area contributed by atoms with Crippen molar-refractivity contribution in [2.45, 2.75) is 6.54 Å². The van der Waals surface area contributed by atoms with Gasteiger partial charge in [0.05, 0.1) is 6.33 Å². The predicted molar refractivity (Wildman–Crippen MR) is 66.2 cm³/mol. The van der Waals surface area contributed by atoms with E-state index in [1.807, 2.05) is 0 Å². The van der Waals surface area contributed by atoms with Crippen molar-refractivity contribution in [2.75, 3.05) is 5.32 Å². The van der Waals surface area contributed by atoms with Crippen molar-refractivity contribution in [3.05, 3.63) is 56.6 Å². The number of hydrogen-bond acceptors (Lipinski definition) is 3. The Labute approximate surface area is 109 Å². The second-order valence-electron chi connectivity index (χ2n) is 3.48. The summed E-state index contributed by atoms with van der Waals surface area (Å²) in [6.45, 7) is 0.0264. The zero-order valence-electron chi connectivity index (χ0n) is 9.01. The van der Waals surface area contributed by atoms with E-state index in [2.05, 4.69) is 31.2 Å². The fourth-order valence-electron chi connectivity index (χ4n) is 1.36. The van der Waals surface area contributed by atoms with Gasteiger partial charge in [0.25, 0.3) is 5.56 Å². The minimum absolute atomic E-state index is 0.0264. The molecule has 0 bridgehead atoms. The third kappa shape index (κ3) is 2.73. The summed E-state index contributed by atoms with van der Waals surface area (Å²) in [6.07, 6.45) is 1.22. The number of H-pyrrole nitrogens is 1. The summed E-state index contributed by atoms with van der Waals surface area (Å²) >= 11 is 3.05. The second kappa shape index (κ2) is 5.26. The van der Waals surface area contributed by atoms with Crippen molar-refractivity contribution in [2.24, 2.45) is 0 Å². The summed E-state index contributed by atoms with van der Waals surface area (Å²) in [7, 11) is 0. The average molecular weight is 316 g/mol. The van der Waals surface area contributed by atoms with E-state index in [1.54, 1.807) is 0 Å². The highest BCUT2D eigenvalue weighted by Crippen LogP contribution is 2.16. The van der Waals surface area contributed by atoms with Crippen LogP contribution in [0.5, 0.6) is 0 Å². The van der Waals surface area contributed by atoms with E-state index in [-0.39, 0.29) is 28.0 Å². The van der Waals surface area contributed by atoms with Gasteiger partial charge in [0.2, 0.25) is 0 Å². The molecule has 1 aromatic carbocycles. The van der Waals surface area contributed by atoms with Crippen LogP contribution >= 0.6 is 15.9 Å². The molecular formula is C11H8BrF2N3O. The summed E-state index contributed by atoms with van der Waals surface area (Å²) in [6, 6.07) is 3.18. The maximum atomic E-state index is 13.3. The van der Waals surface area contributed by atoms with E-state index in [9.17, 15) is 13.6 Å². The van der Waals surface area contributed by atoms with E-state index in [4.69, 9.17) is 0 Å². The zero-order valence-corrected chi connectivity index (χ0v) is 10.6. The Kier molecular flexibility index (Phi) is 3.71. The number of anilines is 1. The Bertz CT molecular complexity index is 630. The molecule has 0 unspecified atom stereocenters. The normalized spacial score (nSPS) is 10.4. The van der Waals surface area contributed by atoms with E-state index in [1.165, 1.54) is 6.33 Å². The highest BCUT2D eigenvalue weighted by Gasteiger charge is 2.07. The SMILES string of the molecule is O=c1[nH]cnc(NCc2cc(F)ccc2F)c1Br. The van der Waals surface area contributed by atoms with Gasteiger partial charge in [0, 0.05) is 12.1 Å². The van der Waals surface area contributed by atoms with Gasteiger partial charge >= 0.3 is 0 Å². The summed E-state index contributed by atoms with van der Waals surface area (Å²) in [5.74, 6) is -0.779. The Morgan fingerprint density at radius 2 is 2.17 bits per heavy atom. The summed E-state index contributed by atoms with van der Waals surface area (Å²) in [5, 5.41) is 2.75. The molecule has 1 aromatic heterocycles. The van der Waals surface area contributed by atoms with Gasteiger partial charge in [-0.05, 0) is 34.1 Å². The molecule has 2 rings (SSSR count). The second-order valence-corrected chi connectivity index (χ2v) is 4.28. The van der Waals surface area contributed by atoms with Crippen LogP contribution in [0.2, 0.25) is 0 Å². The molecule has 0 aliphatic rings.